The van der Waals surface area contributed by atoms with Gasteiger partial charge in [0.15, 0.2) is 0 Å². The predicted octanol–water partition coefficient (Wildman–Crippen LogP) is 6.73. The van der Waals surface area contributed by atoms with E-state index >= 15 is 0 Å². The van der Waals surface area contributed by atoms with Gasteiger partial charge in [0, 0.05) is 19.5 Å². The van der Waals surface area contributed by atoms with Gasteiger partial charge in [-0.2, -0.15) is 0 Å². The summed E-state index contributed by atoms with van der Waals surface area (Å²) in [6.07, 6.45) is 1.22. The quantitative estimate of drug-likeness (QED) is 0.586. The zero-order valence-corrected chi connectivity index (χ0v) is 14.5. The molecule has 19 heavy (non-hydrogen) atoms. The smallest absolute Gasteiger partial charge is 0.0448 e. The molecular weight excluding hydrogens is 268 g/mol. The molecule has 0 saturated carbocycles. The van der Waals surface area contributed by atoms with E-state index in [0.29, 0.717) is 11.8 Å². The van der Waals surface area contributed by atoms with Crippen molar-refractivity contribution in [2.24, 2.45) is 0 Å². The van der Waals surface area contributed by atoms with Crippen LogP contribution in [0, 0.1) is 13.8 Å². The van der Waals surface area contributed by atoms with Crippen LogP contribution >= 0.6 is 22.7 Å². The van der Waals surface area contributed by atoms with Gasteiger partial charge in [-0.1, -0.05) is 27.7 Å². The second kappa shape index (κ2) is 5.80. The van der Waals surface area contributed by atoms with Crippen molar-refractivity contribution in [3.63, 3.8) is 0 Å². The molecule has 104 valence electrons. The van der Waals surface area contributed by atoms with Gasteiger partial charge in [0.1, 0.15) is 0 Å². The maximum atomic E-state index is 2.38. The molecule has 0 radical (unpaired) electrons. The van der Waals surface area contributed by atoms with Crippen LogP contribution < -0.4 is 0 Å². The highest BCUT2D eigenvalue weighted by atomic mass is 32.1. The fraction of sp³-hybridized carbons (Fsp3) is 0.529. The van der Waals surface area contributed by atoms with E-state index in [9.17, 15) is 0 Å². The Morgan fingerprint density at radius 1 is 0.895 bits per heavy atom. The van der Waals surface area contributed by atoms with Gasteiger partial charge in [-0.3, -0.25) is 0 Å². The van der Waals surface area contributed by atoms with E-state index in [-0.39, 0.29) is 0 Å². The number of rotatable bonds is 4. The van der Waals surface area contributed by atoms with E-state index in [2.05, 4.69) is 53.7 Å². The second-order valence-electron chi connectivity index (χ2n) is 5.78. The summed E-state index contributed by atoms with van der Waals surface area (Å²) in [5.74, 6) is 1.32. The largest absolute Gasteiger partial charge is 0.139 e. The van der Waals surface area contributed by atoms with Crippen LogP contribution in [-0.4, -0.2) is 0 Å². The van der Waals surface area contributed by atoms with E-state index in [1.165, 1.54) is 32.2 Å². The van der Waals surface area contributed by atoms with Gasteiger partial charge >= 0.3 is 0 Å². The summed E-state index contributed by atoms with van der Waals surface area (Å²) >= 11 is 3.96. The third-order valence-electron chi connectivity index (χ3n) is 3.74. The topological polar surface area (TPSA) is 0 Å². The van der Waals surface area contributed by atoms with Crippen LogP contribution in [0.15, 0.2) is 12.1 Å². The highest BCUT2D eigenvalue weighted by molar-refractivity contribution is 7.22. The van der Waals surface area contributed by atoms with E-state index in [4.69, 9.17) is 0 Å². The number of hydrogen-bond acceptors (Lipinski definition) is 2. The average Bonchev–Trinajstić information content (AvgIpc) is 2.91. The van der Waals surface area contributed by atoms with Crippen molar-refractivity contribution >= 4 is 22.7 Å². The molecule has 0 fully saturated rings. The molecule has 2 aromatic heterocycles. The van der Waals surface area contributed by atoms with Crippen LogP contribution in [0.25, 0.3) is 9.75 Å². The van der Waals surface area contributed by atoms with Gasteiger partial charge in [0.2, 0.25) is 0 Å². The van der Waals surface area contributed by atoms with Gasteiger partial charge in [0.25, 0.3) is 0 Å². The molecule has 0 nitrogen and oxygen atoms in total. The minimum Gasteiger partial charge on any atom is -0.139 e. The Bertz CT molecular complexity index is 558. The molecule has 2 aromatic rings. The van der Waals surface area contributed by atoms with Crippen molar-refractivity contribution in [1.82, 2.24) is 0 Å². The lowest BCUT2D eigenvalue weighted by molar-refractivity contribution is 0.743. The van der Waals surface area contributed by atoms with Crippen molar-refractivity contribution < 1.29 is 0 Å². The van der Waals surface area contributed by atoms with Gasteiger partial charge in [0.05, 0.1) is 0 Å². The van der Waals surface area contributed by atoms with Crippen molar-refractivity contribution in [2.45, 2.75) is 59.8 Å². The molecule has 0 aromatic carbocycles. The van der Waals surface area contributed by atoms with Gasteiger partial charge in [-0.05, 0) is 55.4 Å². The molecule has 0 amide bonds. The zero-order valence-electron chi connectivity index (χ0n) is 12.8. The minimum atomic E-state index is 0.633. The van der Waals surface area contributed by atoms with Gasteiger partial charge < -0.3 is 0 Å². The normalized spacial score (nSPS) is 13.2. The first-order chi connectivity index (χ1) is 8.93. The lowest BCUT2D eigenvalue weighted by Gasteiger charge is -2.06. The highest BCUT2D eigenvalue weighted by Gasteiger charge is 2.15. The maximum absolute atomic E-state index is 2.38. The lowest BCUT2D eigenvalue weighted by Crippen LogP contribution is -1.88. The number of hydrogen-bond donors (Lipinski definition) is 0. The standard InChI is InChI=1S/C17H24S2/c1-7-11(4)17-13(6)9-15(19-17)14-8-12(5)16(18-14)10(2)3/h8-11H,7H2,1-6H3. The van der Waals surface area contributed by atoms with Crippen molar-refractivity contribution in [3.8, 4) is 9.75 Å². The Kier molecular flexibility index (Phi) is 4.52. The predicted molar refractivity (Wildman–Crippen MR) is 89.9 cm³/mol. The SMILES string of the molecule is CCC(C)c1sc(-c2cc(C)c(C(C)C)s2)cc1C. The van der Waals surface area contributed by atoms with E-state index in [1.54, 1.807) is 4.88 Å². The Balaban J connectivity index is 2.40. The summed E-state index contributed by atoms with van der Waals surface area (Å²) in [5, 5.41) is 0. The van der Waals surface area contributed by atoms with Gasteiger partial charge in [-0.15, -0.1) is 22.7 Å². The molecule has 2 heterocycles. The van der Waals surface area contributed by atoms with Crippen LogP contribution in [0.5, 0.6) is 0 Å². The van der Waals surface area contributed by atoms with Crippen LogP contribution in [0.2, 0.25) is 0 Å². The second-order valence-corrected chi connectivity index (χ2v) is 7.95. The Hall–Kier alpha value is -0.600. The average molecular weight is 293 g/mol. The molecule has 0 saturated heterocycles. The lowest BCUT2D eigenvalue weighted by atomic mass is 10.0. The van der Waals surface area contributed by atoms with Crippen molar-refractivity contribution in [2.75, 3.05) is 0 Å². The highest BCUT2D eigenvalue weighted by Crippen LogP contribution is 2.41. The third kappa shape index (κ3) is 2.95. The molecule has 2 heteroatoms. The van der Waals surface area contributed by atoms with E-state index in [0.717, 1.165) is 0 Å². The Morgan fingerprint density at radius 3 is 1.79 bits per heavy atom. The first-order valence-electron chi connectivity index (χ1n) is 7.15. The summed E-state index contributed by atoms with van der Waals surface area (Å²) in [6, 6.07) is 4.74. The molecule has 0 aliphatic heterocycles. The summed E-state index contributed by atoms with van der Waals surface area (Å²) < 4.78 is 0. The van der Waals surface area contributed by atoms with E-state index in [1.807, 2.05) is 22.7 Å². The van der Waals surface area contributed by atoms with Crippen LogP contribution in [0.4, 0.5) is 0 Å². The molecule has 0 spiro atoms. The number of thiophene rings is 2. The fourth-order valence-corrected chi connectivity index (χ4v) is 5.04. The van der Waals surface area contributed by atoms with Crippen LogP contribution in [0.3, 0.4) is 0 Å². The van der Waals surface area contributed by atoms with Crippen molar-refractivity contribution in [3.05, 3.63) is 33.0 Å². The molecule has 1 atom stereocenters. The molecule has 2 rings (SSSR count). The first kappa shape index (κ1) is 14.8. The first-order valence-corrected chi connectivity index (χ1v) is 8.78. The molecular formula is C17H24S2. The summed E-state index contributed by atoms with van der Waals surface area (Å²) in [7, 11) is 0. The van der Waals surface area contributed by atoms with Gasteiger partial charge in [-0.25, -0.2) is 0 Å². The van der Waals surface area contributed by atoms with E-state index < -0.39 is 0 Å². The maximum Gasteiger partial charge on any atom is 0.0448 e. The Labute approximate surface area is 125 Å². The molecule has 0 aliphatic rings. The molecule has 1 unspecified atom stereocenters. The summed E-state index contributed by atoms with van der Waals surface area (Å²) in [5.41, 5.74) is 2.91. The zero-order chi connectivity index (χ0) is 14.2. The minimum absolute atomic E-state index is 0.633. The summed E-state index contributed by atoms with van der Waals surface area (Å²) in [4.78, 5) is 6.00. The third-order valence-corrected chi connectivity index (χ3v) is 6.94. The Morgan fingerprint density at radius 2 is 1.37 bits per heavy atom. The molecule has 0 aliphatic carbocycles. The van der Waals surface area contributed by atoms with Crippen molar-refractivity contribution in [1.29, 1.82) is 0 Å². The monoisotopic (exact) mass is 292 g/mol. The van der Waals surface area contributed by atoms with Crippen LogP contribution in [-0.2, 0) is 0 Å². The summed E-state index contributed by atoms with van der Waals surface area (Å²) in [6.45, 7) is 13.7. The fourth-order valence-electron chi connectivity index (χ4n) is 2.48. The molecule has 0 bridgehead atoms. The number of aryl methyl sites for hydroxylation is 2. The van der Waals surface area contributed by atoms with Crippen LogP contribution in [0.1, 0.15) is 66.8 Å². The molecule has 0 N–H and O–H groups in total.